The SMILES string of the molecule is O=C(CCc1cccc2ccccc12)c1ccccn1. The van der Waals surface area contributed by atoms with E-state index < -0.39 is 0 Å². The molecule has 1 heterocycles. The zero-order valence-corrected chi connectivity index (χ0v) is 11.1. The smallest absolute Gasteiger partial charge is 0.181 e. The molecule has 0 aliphatic carbocycles. The van der Waals surface area contributed by atoms with E-state index in [1.165, 1.54) is 16.3 Å². The Labute approximate surface area is 118 Å². The molecule has 2 aromatic carbocycles. The Bertz CT molecular complexity index is 729. The van der Waals surface area contributed by atoms with Gasteiger partial charge in [0.2, 0.25) is 0 Å². The maximum atomic E-state index is 12.1. The molecule has 0 spiro atoms. The largest absolute Gasteiger partial charge is 0.292 e. The fraction of sp³-hybridized carbons (Fsp3) is 0.111. The standard InChI is InChI=1S/C18H15NO/c20-18(17-10-3-4-13-19-17)12-11-15-8-5-7-14-6-1-2-9-16(14)15/h1-10,13H,11-12H2. The molecule has 0 aliphatic heterocycles. The summed E-state index contributed by atoms with van der Waals surface area (Å²) in [6, 6.07) is 19.9. The van der Waals surface area contributed by atoms with Crippen LogP contribution in [0.2, 0.25) is 0 Å². The number of pyridine rings is 1. The molecule has 1 aromatic heterocycles. The fourth-order valence-electron chi connectivity index (χ4n) is 2.41. The summed E-state index contributed by atoms with van der Waals surface area (Å²) in [6.07, 6.45) is 2.90. The highest BCUT2D eigenvalue weighted by Crippen LogP contribution is 2.20. The van der Waals surface area contributed by atoms with Gasteiger partial charge >= 0.3 is 0 Å². The zero-order valence-electron chi connectivity index (χ0n) is 11.1. The van der Waals surface area contributed by atoms with E-state index in [1.54, 1.807) is 12.3 Å². The first-order valence-corrected chi connectivity index (χ1v) is 6.75. The van der Waals surface area contributed by atoms with Crippen LogP contribution in [0.25, 0.3) is 10.8 Å². The van der Waals surface area contributed by atoms with E-state index in [4.69, 9.17) is 0 Å². The van der Waals surface area contributed by atoms with Gasteiger partial charge in [-0.15, -0.1) is 0 Å². The van der Waals surface area contributed by atoms with Gasteiger partial charge < -0.3 is 0 Å². The van der Waals surface area contributed by atoms with Gasteiger partial charge in [-0.3, -0.25) is 9.78 Å². The Balaban J connectivity index is 1.79. The van der Waals surface area contributed by atoms with Crippen LogP contribution >= 0.6 is 0 Å². The molecule has 3 rings (SSSR count). The van der Waals surface area contributed by atoms with E-state index >= 15 is 0 Å². The van der Waals surface area contributed by atoms with Crippen LogP contribution < -0.4 is 0 Å². The Morgan fingerprint density at radius 2 is 1.70 bits per heavy atom. The molecule has 0 fully saturated rings. The monoisotopic (exact) mass is 261 g/mol. The van der Waals surface area contributed by atoms with Crippen LogP contribution in [-0.2, 0) is 6.42 Å². The summed E-state index contributed by atoms with van der Waals surface area (Å²) in [7, 11) is 0. The van der Waals surface area contributed by atoms with Gasteiger partial charge in [-0.05, 0) is 34.9 Å². The quantitative estimate of drug-likeness (QED) is 0.663. The van der Waals surface area contributed by atoms with Crippen LogP contribution in [0, 0.1) is 0 Å². The van der Waals surface area contributed by atoms with Crippen molar-refractivity contribution in [2.45, 2.75) is 12.8 Å². The third kappa shape index (κ3) is 2.59. The minimum Gasteiger partial charge on any atom is -0.292 e. The van der Waals surface area contributed by atoms with Crippen LogP contribution in [-0.4, -0.2) is 10.8 Å². The highest BCUT2D eigenvalue weighted by Gasteiger charge is 2.08. The number of benzene rings is 2. The maximum absolute atomic E-state index is 12.1. The van der Waals surface area contributed by atoms with E-state index in [0.717, 1.165) is 6.42 Å². The molecule has 2 heteroatoms. The van der Waals surface area contributed by atoms with E-state index in [1.807, 2.05) is 30.3 Å². The van der Waals surface area contributed by atoms with E-state index in [-0.39, 0.29) is 5.78 Å². The zero-order chi connectivity index (χ0) is 13.8. The van der Waals surface area contributed by atoms with Crippen LogP contribution in [0.4, 0.5) is 0 Å². The second-order valence-electron chi connectivity index (χ2n) is 4.78. The number of aryl methyl sites for hydroxylation is 1. The van der Waals surface area contributed by atoms with Crippen molar-refractivity contribution < 1.29 is 4.79 Å². The third-order valence-corrected chi connectivity index (χ3v) is 3.45. The molecule has 0 atom stereocenters. The summed E-state index contributed by atoms with van der Waals surface area (Å²) in [5.74, 6) is 0.0959. The highest BCUT2D eigenvalue weighted by molar-refractivity contribution is 5.94. The Hall–Kier alpha value is -2.48. The van der Waals surface area contributed by atoms with Crippen molar-refractivity contribution in [3.05, 3.63) is 78.1 Å². The summed E-state index contributed by atoms with van der Waals surface area (Å²) in [5.41, 5.74) is 1.76. The number of rotatable bonds is 4. The summed E-state index contributed by atoms with van der Waals surface area (Å²) >= 11 is 0. The van der Waals surface area contributed by atoms with Gasteiger partial charge in [-0.25, -0.2) is 0 Å². The van der Waals surface area contributed by atoms with E-state index in [0.29, 0.717) is 12.1 Å². The lowest BCUT2D eigenvalue weighted by molar-refractivity contribution is 0.0978. The minimum atomic E-state index is 0.0959. The van der Waals surface area contributed by atoms with Gasteiger partial charge in [0.25, 0.3) is 0 Å². The third-order valence-electron chi connectivity index (χ3n) is 3.45. The molecule has 0 saturated carbocycles. The number of hydrogen-bond acceptors (Lipinski definition) is 2. The van der Waals surface area contributed by atoms with Gasteiger partial charge in [0.1, 0.15) is 5.69 Å². The highest BCUT2D eigenvalue weighted by atomic mass is 16.1. The molecule has 0 aliphatic rings. The van der Waals surface area contributed by atoms with Crippen LogP contribution in [0.15, 0.2) is 66.9 Å². The lowest BCUT2D eigenvalue weighted by atomic mass is 9.99. The number of carbonyl (C=O) groups excluding carboxylic acids is 1. The summed E-state index contributed by atoms with van der Waals surface area (Å²) in [6.45, 7) is 0. The van der Waals surface area contributed by atoms with Crippen LogP contribution in [0.3, 0.4) is 0 Å². The Morgan fingerprint density at radius 1 is 0.900 bits per heavy atom. The van der Waals surface area contributed by atoms with Crippen molar-refractivity contribution in [3.8, 4) is 0 Å². The number of aromatic nitrogens is 1. The van der Waals surface area contributed by atoms with E-state index in [9.17, 15) is 4.79 Å². The molecule has 0 bridgehead atoms. The second kappa shape index (κ2) is 5.66. The van der Waals surface area contributed by atoms with Crippen molar-refractivity contribution in [2.24, 2.45) is 0 Å². The molecular weight excluding hydrogens is 246 g/mol. The molecule has 2 nitrogen and oxygen atoms in total. The first-order valence-electron chi connectivity index (χ1n) is 6.75. The van der Waals surface area contributed by atoms with Crippen LogP contribution in [0.5, 0.6) is 0 Å². The molecule has 0 amide bonds. The lowest BCUT2D eigenvalue weighted by Crippen LogP contribution is -2.03. The van der Waals surface area contributed by atoms with Crippen molar-refractivity contribution in [2.75, 3.05) is 0 Å². The first kappa shape index (κ1) is 12.5. The molecule has 0 N–H and O–H groups in total. The van der Waals surface area contributed by atoms with Crippen molar-refractivity contribution >= 4 is 16.6 Å². The normalized spacial score (nSPS) is 10.6. The summed E-state index contributed by atoms with van der Waals surface area (Å²) < 4.78 is 0. The minimum absolute atomic E-state index is 0.0959. The predicted octanol–water partition coefficient (Wildman–Crippen LogP) is 4.05. The molecule has 0 unspecified atom stereocenters. The molecule has 0 radical (unpaired) electrons. The fourth-order valence-corrected chi connectivity index (χ4v) is 2.41. The van der Waals surface area contributed by atoms with Gasteiger partial charge in [0, 0.05) is 12.6 Å². The lowest BCUT2D eigenvalue weighted by Gasteiger charge is -2.06. The molecular formula is C18H15NO. The first-order chi connectivity index (χ1) is 9.84. The van der Waals surface area contributed by atoms with E-state index in [2.05, 4.69) is 29.2 Å². The molecule has 0 saturated heterocycles. The number of Topliss-reactive ketones (excluding diaryl/α,β-unsaturated/α-hetero) is 1. The second-order valence-corrected chi connectivity index (χ2v) is 4.78. The average molecular weight is 261 g/mol. The number of nitrogens with zero attached hydrogens (tertiary/aromatic N) is 1. The molecule has 98 valence electrons. The summed E-state index contributed by atoms with van der Waals surface area (Å²) in [5, 5.41) is 2.44. The average Bonchev–Trinajstić information content (AvgIpc) is 2.53. The van der Waals surface area contributed by atoms with Crippen molar-refractivity contribution in [1.29, 1.82) is 0 Å². The predicted molar refractivity (Wildman–Crippen MR) is 80.8 cm³/mol. The molecule has 20 heavy (non-hydrogen) atoms. The Morgan fingerprint density at radius 3 is 2.55 bits per heavy atom. The van der Waals surface area contributed by atoms with Gasteiger partial charge in [-0.1, -0.05) is 48.5 Å². The topological polar surface area (TPSA) is 30.0 Å². The van der Waals surface area contributed by atoms with Gasteiger partial charge in [0.05, 0.1) is 0 Å². The number of carbonyl (C=O) groups is 1. The number of ketones is 1. The number of hydrogen-bond donors (Lipinski definition) is 0. The number of fused-ring (bicyclic) bond motifs is 1. The van der Waals surface area contributed by atoms with Gasteiger partial charge in [-0.2, -0.15) is 0 Å². The van der Waals surface area contributed by atoms with Crippen LogP contribution in [0.1, 0.15) is 22.5 Å². The maximum Gasteiger partial charge on any atom is 0.181 e. The van der Waals surface area contributed by atoms with Crippen molar-refractivity contribution in [1.82, 2.24) is 4.98 Å². The van der Waals surface area contributed by atoms with Gasteiger partial charge in [0.15, 0.2) is 5.78 Å². The van der Waals surface area contributed by atoms with Crippen molar-refractivity contribution in [3.63, 3.8) is 0 Å². The Kier molecular flexibility index (Phi) is 3.55. The molecule has 3 aromatic rings. The summed E-state index contributed by atoms with van der Waals surface area (Å²) in [4.78, 5) is 16.2.